The molecule has 1 atom stereocenters. The summed E-state index contributed by atoms with van der Waals surface area (Å²) in [5.41, 5.74) is 2.04. The standard InChI is InChI=1S/C17H13ClN4O/c18-11-3-4-12-13(9-20-14(12)8-11)17(15-2-1-7-23-15)22-16-5-6-19-10-21-16/h1-10,17,20H,(H,19,21,22). The van der Waals surface area contributed by atoms with E-state index in [2.05, 4.69) is 20.3 Å². The molecule has 0 saturated carbocycles. The summed E-state index contributed by atoms with van der Waals surface area (Å²) >= 11 is 6.07. The van der Waals surface area contributed by atoms with Gasteiger partial charge in [-0.2, -0.15) is 0 Å². The van der Waals surface area contributed by atoms with Crippen molar-refractivity contribution in [2.24, 2.45) is 0 Å². The van der Waals surface area contributed by atoms with Gasteiger partial charge in [0.05, 0.1) is 6.26 Å². The molecule has 0 radical (unpaired) electrons. The lowest BCUT2D eigenvalue weighted by molar-refractivity contribution is 0.499. The third-order valence-electron chi connectivity index (χ3n) is 3.69. The lowest BCUT2D eigenvalue weighted by Gasteiger charge is -2.16. The number of H-pyrrole nitrogens is 1. The Balaban J connectivity index is 1.81. The maximum absolute atomic E-state index is 6.07. The van der Waals surface area contributed by atoms with Crippen molar-refractivity contribution >= 4 is 28.3 Å². The average molecular weight is 325 g/mol. The number of halogens is 1. The molecule has 114 valence electrons. The van der Waals surface area contributed by atoms with Gasteiger partial charge in [-0.25, -0.2) is 9.97 Å². The van der Waals surface area contributed by atoms with Crippen LogP contribution in [0, 0.1) is 0 Å². The van der Waals surface area contributed by atoms with Crippen molar-refractivity contribution in [1.29, 1.82) is 0 Å². The highest BCUT2D eigenvalue weighted by molar-refractivity contribution is 6.31. The van der Waals surface area contributed by atoms with E-state index in [0.717, 1.165) is 28.0 Å². The van der Waals surface area contributed by atoms with Crippen LogP contribution < -0.4 is 5.32 Å². The van der Waals surface area contributed by atoms with Crippen LogP contribution in [0.4, 0.5) is 5.82 Å². The number of nitrogens with zero attached hydrogens (tertiary/aromatic N) is 2. The van der Waals surface area contributed by atoms with E-state index in [9.17, 15) is 0 Å². The number of nitrogens with one attached hydrogen (secondary N) is 2. The van der Waals surface area contributed by atoms with Gasteiger partial charge in [-0.05, 0) is 30.3 Å². The van der Waals surface area contributed by atoms with Crippen molar-refractivity contribution in [3.05, 3.63) is 77.7 Å². The maximum atomic E-state index is 6.07. The van der Waals surface area contributed by atoms with Gasteiger partial charge in [-0.1, -0.05) is 17.7 Å². The molecule has 5 nitrogen and oxygen atoms in total. The number of aromatic amines is 1. The summed E-state index contributed by atoms with van der Waals surface area (Å²) in [5, 5.41) is 5.17. The van der Waals surface area contributed by atoms with E-state index in [1.54, 1.807) is 12.5 Å². The molecule has 0 fully saturated rings. The van der Waals surface area contributed by atoms with E-state index in [1.165, 1.54) is 6.33 Å². The zero-order valence-electron chi connectivity index (χ0n) is 12.0. The Bertz CT molecular complexity index is 918. The number of furan rings is 1. The molecule has 3 heterocycles. The van der Waals surface area contributed by atoms with E-state index in [0.29, 0.717) is 5.02 Å². The van der Waals surface area contributed by atoms with Crippen LogP contribution in [0.15, 0.2) is 65.8 Å². The van der Waals surface area contributed by atoms with Gasteiger partial charge in [0.1, 0.15) is 23.9 Å². The third kappa shape index (κ3) is 2.66. The Hall–Kier alpha value is -2.79. The van der Waals surface area contributed by atoms with Crippen molar-refractivity contribution in [1.82, 2.24) is 15.0 Å². The summed E-state index contributed by atoms with van der Waals surface area (Å²) < 4.78 is 5.62. The van der Waals surface area contributed by atoms with Crippen LogP contribution in [0.1, 0.15) is 17.4 Å². The lowest BCUT2D eigenvalue weighted by atomic mass is 10.0. The van der Waals surface area contributed by atoms with Crippen LogP contribution in [0.2, 0.25) is 5.02 Å². The van der Waals surface area contributed by atoms with E-state index in [-0.39, 0.29) is 6.04 Å². The SMILES string of the molecule is Clc1ccc2c(C(Nc3ccncn3)c3ccco3)c[nH]c2c1. The monoisotopic (exact) mass is 324 g/mol. The fraction of sp³-hybridized carbons (Fsp3) is 0.0588. The molecule has 3 aromatic heterocycles. The molecule has 1 unspecified atom stereocenters. The van der Waals surface area contributed by atoms with Crippen molar-refractivity contribution < 1.29 is 4.42 Å². The summed E-state index contributed by atoms with van der Waals surface area (Å²) in [4.78, 5) is 11.4. The molecule has 4 aromatic rings. The zero-order valence-corrected chi connectivity index (χ0v) is 12.8. The number of hydrogen-bond donors (Lipinski definition) is 2. The van der Waals surface area contributed by atoms with Gasteiger partial charge in [-0.3, -0.25) is 0 Å². The minimum Gasteiger partial charge on any atom is -0.467 e. The predicted molar refractivity (Wildman–Crippen MR) is 89.5 cm³/mol. The summed E-state index contributed by atoms with van der Waals surface area (Å²) in [6.07, 6.45) is 6.83. The zero-order chi connectivity index (χ0) is 15.6. The molecule has 0 spiro atoms. The molecule has 2 N–H and O–H groups in total. The first kappa shape index (κ1) is 13.8. The molecule has 0 saturated heterocycles. The number of aromatic nitrogens is 3. The highest BCUT2D eigenvalue weighted by atomic mass is 35.5. The van der Waals surface area contributed by atoms with Gasteiger partial charge in [0.2, 0.25) is 0 Å². The van der Waals surface area contributed by atoms with Crippen LogP contribution in [0.25, 0.3) is 10.9 Å². The maximum Gasteiger partial charge on any atom is 0.130 e. The Labute approximate surface area is 137 Å². The Morgan fingerprint density at radius 3 is 2.96 bits per heavy atom. The molecular weight excluding hydrogens is 312 g/mol. The van der Waals surface area contributed by atoms with Gasteiger partial charge in [0.15, 0.2) is 0 Å². The first-order valence-corrected chi connectivity index (χ1v) is 7.51. The van der Waals surface area contributed by atoms with Crippen LogP contribution in [-0.4, -0.2) is 15.0 Å². The largest absolute Gasteiger partial charge is 0.467 e. The summed E-state index contributed by atoms with van der Waals surface area (Å²) in [6, 6.07) is 11.2. The first-order valence-electron chi connectivity index (χ1n) is 7.14. The predicted octanol–water partition coefficient (Wildman–Crippen LogP) is 4.41. The number of rotatable bonds is 4. The van der Waals surface area contributed by atoms with Gasteiger partial charge in [0.25, 0.3) is 0 Å². The summed E-state index contributed by atoms with van der Waals surface area (Å²) in [7, 11) is 0. The number of anilines is 1. The van der Waals surface area contributed by atoms with E-state index < -0.39 is 0 Å². The van der Waals surface area contributed by atoms with Crippen molar-refractivity contribution in [2.75, 3.05) is 5.32 Å². The Morgan fingerprint density at radius 2 is 2.17 bits per heavy atom. The van der Waals surface area contributed by atoms with Crippen LogP contribution in [-0.2, 0) is 0 Å². The van der Waals surface area contributed by atoms with Crippen LogP contribution in [0.3, 0.4) is 0 Å². The Morgan fingerprint density at radius 1 is 1.22 bits per heavy atom. The number of hydrogen-bond acceptors (Lipinski definition) is 4. The highest BCUT2D eigenvalue weighted by Gasteiger charge is 2.21. The minimum atomic E-state index is -0.171. The van der Waals surface area contributed by atoms with E-state index in [4.69, 9.17) is 16.0 Å². The fourth-order valence-corrected chi connectivity index (χ4v) is 2.81. The van der Waals surface area contributed by atoms with Gasteiger partial charge >= 0.3 is 0 Å². The molecule has 6 heteroatoms. The first-order chi connectivity index (χ1) is 11.3. The molecular formula is C17H13ClN4O. The molecule has 0 aliphatic carbocycles. The molecule has 0 aliphatic heterocycles. The normalized spacial score (nSPS) is 12.4. The van der Waals surface area contributed by atoms with Crippen LogP contribution in [0.5, 0.6) is 0 Å². The van der Waals surface area contributed by atoms with Crippen molar-refractivity contribution in [3.8, 4) is 0 Å². The molecule has 4 rings (SSSR count). The third-order valence-corrected chi connectivity index (χ3v) is 3.92. The van der Waals surface area contributed by atoms with Gasteiger partial charge < -0.3 is 14.7 Å². The van der Waals surface area contributed by atoms with Crippen molar-refractivity contribution in [2.45, 2.75) is 6.04 Å². The number of fused-ring (bicyclic) bond motifs is 1. The second-order valence-electron chi connectivity index (χ2n) is 5.12. The lowest BCUT2D eigenvalue weighted by Crippen LogP contribution is -2.12. The number of benzene rings is 1. The molecule has 0 amide bonds. The smallest absolute Gasteiger partial charge is 0.130 e. The quantitative estimate of drug-likeness (QED) is 0.583. The fourth-order valence-electron chi connectivity index (χ4n) is 2.64. The molecule has 0 aliphatic rings. The molecule has 1 aromatic carbocycles. The van der Waals surface area contributed by atoms with Gasteiger partial charge in [-0.15, -0.1) is 0 Å². The minimum absolute atomic E-state index is 0.171. The molecule has 23 heavy (non-hydrogen) atoms. The summed E-state index contributed by atoms with van der Waals surface area (Å²) in [5.74, 6) is 1.53. The topological polar surface area (TPSA) is 66.7 Å². The van der Waals surface area contributed by atoms with E-state index >= 15 is 0 Å². The highest BCUT2D eigenvalue weighted by Crippen LogP contribution is 2.32. The van der Waals surface area contributed by atoms with Crippen LogP contribution >= 0.6 is 11.6 Å². The molecule has 0 bridgehead atoms. The summed E-state index contributed by atoms with van der Waals surface area (Å²) in [6.45, 7) is 0. The Kier molecular flexibility index (Phi) is 3.48. The van der Waals surface area contributed by atoms with Gasteiger partial charge in [0, 0.05) is 33.9 Å². The van der Waals surface area contributed by atoms with Crippen molar-refractivity contribution in [3.63, 3.8) is 0 Å². The second-order valence-corrected chi connectivity index (χ2v) is 5.56. The average Bonchev–Trinajstić information content (AvgIpc) is 3.23. The second kappa shape index (κ2) is 5.78. The van der Waals surface area contributed by atoms with E-state index in [1.807, 2.05) is 42.6 Å².